The Bertz CT molecular complexity index is 405. The average Bonchev–Trinajstić information content (AvgIpc) is 2.15. The molecule has 5 heteroatoms. The number of carbonyl (C=O) groups is 2. The van der Waals surface area contributed by atoms with Gasteiger partial charge in [-0.05, 0) is 12.5 Å². The van der Waals surface area contributed by atoms with Crippen molar-refractivity contribution in [2.45, 2.75) is 12.5 Å². The number of carbonyl (C=O) groups excluding carboxylic acids is 1. The number of aliphatic carboxylic acids is 1. The molecule has 2 heterocycles. The third kappa shape index (κ3) is 1.68. The molecular weight excluding hydrogens is 196 g/mol. The van der Waals surface area contributed by atoms with Crippen molar-refractivity contribution in [1.29, 1.82) is 0 Å². The van der Waals surface area contributed by atoms with Gasteiger partial charge in [0.15, 0.2) is 6.29 Å². The van der Waals surface area contributed by atoms with Crippen LogP contribution in [0.2, 0.25) is 0 Å². The van der Waals surface area contributed by atoms with Crippen LogP contribution in [0.4, 0.5) is 5.69 Å². The molecule has 1 saturated heterocycles. The van der Waals surface area contributed by atoms with Crippen molar-refractivity contribution < 1.29 is 14.7 Å². The van der Waals surface area contributed by atoms with E-state index in [1.54, 1.807) is 17.2 Å². The van der Waals surface area contributed by atoms with E-state index in [1.807, 2.05) is 0 Å². The normalized spacial score (nSPS) is 19.5. The summed E-state index contributed by atoms with van der Waals surface area (Å²) in [5.74, 6) is -0.835. The molecule has 0 saturated carbocycles. The summed E-state index contributed by atoms with van der Waals surface area (Å²) in [4.78, 5) is 26.9. The third-order valence-corrected chi connectivity index (χ3v) is 2.52. The zero-order chi connectivity index (χ0) is 10.8. The van der Waals surface area contributed by atoms with E-state index in [0.717, 1.165) is 0 Å². The molecule has 1 aromatic rings. The van der Waals surface area contributed by atoms with Gasteiger partial charge in [-0.25, -0.2) is 4.79 Å². The van der Waals surface area contributed by atoms with Gasteiger partial charge in [-0.3, -0.25) is 9.78 Å². The number of aldehydes is 1. The van der Waals surface area contributed by atoms with E-state index in [9.17, 15) is 9.59 Å². The Labute approximate surface area is 86.3 Å². The molecule has 1 aromatic heterocycles. The molecule has 1 unspecified atom stereocenters. The highest BCUT2D eigenvalue weighted by Gasteiger charge is 2.34. The lowest BCUT2D eigenvalue weighted by molar-refractivity contribution is -0.139. The van der Waals surface area contributed by atoms with Crippen molar-refractivity contribution in [3.63, 3.8) is 0 Å². The van der Waals surface area contributed by atoms with E-state index in [2.05, 4.69) is 4.98 Å². The van der Waals surface area contributed by atoms with Gasteiger partial charge in [0, 0.05) is 18.3 Å². The summed E-state index contributed by atoms with van der Waals surface area (Å²) < 4.78 is 0. The molecule has 78 valence electrons. The summed E-state index contributed by atoms with van der Waals surface area (Å²) in [5.41, 5.74) is 1.15. The third-order valence-electron chi connectivity index (χ3n) is 2.52. The van der Waals surface area contributed by atoms with Crippen molar-refractivity contribution >= 4 is 17.9 Å². The molecule has 2 rings (SSSR count). The number of anilines is 1. The van der Waals surface area contributed by atoms with E-state index in [1.165, 1.54) is 6.20 Å². The van der Waals surface area contributed by atoms with Gasteiger partial charge in [0.25, 0.3) is 0 Å². The Hall–Kier alpha value is -1.91. The quantitative estimate of drug-likeness (QED) is 0.731. The lowest BCUT2D eigenvalue weighted by Crippen LogP contribution is -2.52. The number of carboxylic acids is 1. The van der Waals surface area contributed by atoms with Crippen molar-refractivity contribution in [3.05, 3.63) is 24.0 Å². The molecule has 1 aliphatic rings. The second-order valence-corrected chi connectivity index (χ2v) is 3.43. The summed E-state index contributed by atoms with van der Waals surface area (Å²) in [5, 5.41) is 8.86. The summed E-state index contributed by atoms with van der Waals surface area (Å²) in [6.45, 7) is 0.695. The number of hydrogen-bond donors (Lipinski definition) is 1. The SMILES string of the molecule is O=Cc1cncc(N2CCC2C(=O)O)c1. The fraction of sp³-hybridized carbons (Fsp3) is 0.300. The standard InChI is InChI=1S/C10H10N2O3/c13-6-7-3-8(5-11-4-7)12-2-1-9(12)10(14)15/h3-6,9H,1-2H2,(H,14,15). The summed E-state index contributed by atoms with van der Waals surface area (Å²) >= 11 is 0. The van der Waals surface area contributed by atoms with Gasteiger partial charge in [-0.2, -0.15) is 0 Å². The molecule has 1 atom stereocenters. The first-order valence-electron chi connectivity index (χ1n) is 4.62. The summed E-state index contributed by atoms with van der Waals surface area (Å²) in [6, 6.07) is 1.17. The molecule has 0 spiro atoms. The minimum absolute atomic E-state index is 0.462. The van der Waals surface area contributed by atoms with Gasteiger partial charge in [0.2, 0.25) is 0 Å². The lowest BCUT2D eigenvalue weighted by Gasteiger charge is -2.39. The zero-order valence-electron chi connectivity index (χ0n) is 7.96. The smallest absolute Gasteiger partial charge is 0.326 e. The van der Waals surface area contributed by atoms with Crippen LogP contribution in [0.15, 0.2) is 18.5 Å². The molecule has 0 aromatic carbocycles. The number of nitrogens with zero attached hydrogens (tertiary/aromatic N) is 2. The molecule has 15 heavy (non-hydrogen) atoms. The first-order chi connectivity index (χ1) is 7.22. The van der Waals surface area contributed by atoms with Gasteiger partial charge in [-0.1, -0.05) is 0 Å². The Balaban J connectivity index is 2.22. The van der Waals surface area contributed by atoms with Gasteiger partial charge in [0.1, 0.15) is 6.04 Å². The van der Waals surface area contributed by atoms with Gasteiger partial charge in [-0.15, -0.1) is 0 Å². The number of carboxylic acid groups (broad SMARTS) is 1. The van der Waals surface area contributed by atoms with Gasteiger partial charge < -0.3 is 10.0 Å². The zero-order valence-corrected chi connectivity index (χ0v) is 7.96. The highest BCUT2D eigenvalue weighted by atomic mass is 16.4. The maximum absolute atomic E-state index is 10.8. The summed E-state index contributed by atoms with van der Waals surface area (Å²) in [7, 11) is 0. The predicted molar refractivity (Wildman–Crippen MR) is 53.0 cm³/mol. The number of pyridine rings is 1. The molecular formula is C10H10N2O3. The second kappa shape index (κ2) is 3.68. The van der Waals surface area contributed by atoms with Crippen LogP contribution in [-0.2, 0) is 4.79 Å². The number of hydrogen-bond acceptors (Lipinski definition) is 4. The highest BCUT2D eigenvalue weighted by Crippen LogP contribution is 2.26. The van der Waals surface area contributed by atoms with E-state index < -0.39 is 12.0 Å². The fourth-order valence-corrected chi connectivity index (χ4v) is 1.62. The average molecular weight is 206 g/mol. The molecule has 0 aliphatic carbocycles. The maximum Gasteiger partial charge on any atom is 0.326 e. The van der Waals surface area contributed by atoms with Crippen LogP contribution in [0, 0.1) is 0 Å². The van der Waals surface area contributed by atoms with Crippen molar-refractivity contribution in [3.8, 4) is 0 Å². The van der Waals surface area contributed by atoms with Crippen molar-refractivity contribution in [2.75, 3.05) is 11.4 Å². The first kappa shape index (κ1) is 9.64. The molecule has 1 N–H and O–H groups in total. The monoisotopic (exact) mass is 206 g/mol. The van der Waals surface area contributed by atoms with E-state index in [4.69, 9.17) is 5.11 Å². The maximum atomic E-state index is 10.8. The lowest BCUT2D eigenvalue weighted by atomic mass is 10.0. The van der Waals surface area contributed by atoms with Crippen LogP contribution < -0.4 is 4.90 Å². The molecule has 0 bridgehead atoms. The van der Waals surface area contributed by atoms with Gasteiger partial charge >= 0.3 is 5.97 Å². The van der Waals surface area contributed by atoms with Crippen LogP contribution in [-0.4, -0.2) is 34.9 Å². The number of rotatable bonds is 3. The summed E-state index contributed by atoms with van der Waals surface area (Å²) in [6.07, 6.45) is 4.36. The fourth-order valence-electron chi connectivity index (χ4n) is 1.62. The Morgan fingerprint density at radius 1 is 1.60 bits per heavy atom. The van der Waals surface area contributed by atoms with Crippen LogP contribution in [0.3, 0.4) is 0 Å². The first-order valence-corrected chi connectivity index (χ1v) is 4.62. The Morgan fingerprint density at radius 2 is 2.40 bits per heavy atom. The second-order valence-electron chi connectivity index (χ2n) is 3.43. The molecule has 1 aliphatic heterocycles. The molecule has 1 fully saturated rings. The van der Waals surface area contributed by atoms with E-state index >= 15 is 0 Å². The molecule has 5 nitrogen and oxygen atoms in total. The Morgan fingerprint density at radius 3 is 2.93 bits per heavy atom. The van der Waals surface area contributed by atoms with Crippen molar-refractivity contribution in [2.24, 2.45) is 0 Å². The van der Waals surface area contributed by atoms with Crippen LogP contribution in [0.25, 0.3) is 0 Å². The van der Waals surface area contributed by atoms with Crippen molar-refractivity contribution in [1.82, 2.24) is 4.98 Å². The Kier molecular flexibility index (Phi) is 2.37. The topological polar surface area (TPSA) is 70.5 Å². The van der Waals surface area contributed by atoms with Gasteiger partial charge in [0.05, 0.1) is 11.9 Å². The molecule has 0 radical (unpaired) electrons. The minimum atomic E-state index is -0.835. The number of aromatic nitrogens is 1. The minimum Gasteiger partial charge on any atom is -0.480 e. The van der Waals surface area contributed by atoms with Crippen LogP contribution in [0.1, 0.15) is 16.8 Å². The molecule has 0 amide bonds. The highest BCUT2D eigenvalue weighted by molar-refractivity contribution is 5.82. The van der Waals surface area contributed by atoms with Crippen LogP contribution in [0.5, 0.6) is 0 Å². The van der Waals surface area contributed by atoms with E-state index in [-0.39, 0.29) is 0 Å². The largest absolute Gasteiger partial charge is 0.480 e. The van der Waals surface area contributed by atoms with Crippen LogP contribution >= 0.6 is 0 Å². The predicted octanol–water partition coefficient (Wildman–Crippen LogP) is 0.557. The van der Waals surface area contributed by atoms with E-state index in [0.29, 0.717) is 30.5 Å².